The van der Waals surface area contributed by atoms with E-state index in [9.17, 15) is 4.79 Å². The minimum atomic E-state index is -2.64. The van der Waals surface area contributed by atoms with Crippen molar-refractivity contribution < 1.29 is 33.5 Å². The maximum absolute atomic E-state index is 15.7. The number of nitrogens with zero attached hydrogens (tertiary/aromatic N) is 3. The van der Waals surface area contributed by atoms with Gasteiger partial charge in [0.15, 0.2) is 16.9 Å². The van der Waals surface area contributed by atoms with Gasteiger partial charge in [-0.15, -0.1) is 23.1 Å². The number of nitrogens with one attached hydrogen (secondary N) is 2. The third-order valence-corrected chi connectivity index (χ3v) is 21.6. The smallest absolute Gasteiger partial charge is 0.356 e. The summed E-state index contributed by atoms with van der Waals surface area (Å²) >= 11 is 2.71. The predicted molar refractivity (Wildman–Crippen MR) is 345 cm³/mol. The normalized spacial score (nSPS) is 15.5. The largest absolute Gasteiger partial charge is 0.457 e. The maximum atomic E-state index is 15.7. The van der Waals surface area contributed by atoms with Crippen molar-refractivity contribution in [2.75, 3.05) is 17.2 Å². The summed E-state index contributed by atoms with van der Waals surface area (Å²) in [6.07, 6.45) is -0.422. The molecular formula is C71H65N5O7PS2+. The molecule has 2 atom stereocenters. The highest BCUT2D eigenvalue weighted by Gasteiger charge is 2.57. The molecule has 0 bridgehead atoms. The molecule has 2 amide bonds. The van der Waals surface area contributed by atoms with Gasteiger partial charge in [-0.3, -0.25) is 14.5 Å². The Labute approximate surface area is 510 Å². The monoisotopic (exact) mass is 1190 g/mol. The first-order chi connectivity index (χ1) is 41.7. The number of oxime groups is 1. The highest BCUT2D eigenvalue weighted by molar-refractivity contribution is 8.00. The number of thiazole rings is 1. The Morgan fingerprint density at radius 2 is 1.06 bits per heavy atom. The second kappa shape index (κ2) is 25.3. The van der Waals surface area contributed by atoms with E-state index in [2.05, 4.69) is 88.6 Å². The van der Waals surface area contributed by atoms with Gasteiger partial charge < -0.3 is 24.9 Å². The number of hydrogen-bond donors (Lipinski definition) is 2. The van der Waals surface area contributed by atoms with Gasteiger partial charge in [-0.1, -0.05) is 211 Å². The fourth-order valence-electron chi connectivity index (χ4n) is 11.0. The van der Waals surface area contributed by atoms with Crippen molar-refractivity contribution in [3.63, 3.8) is 0 Å². The zero-order chi connectivity index (χ0) is 59.9. The van der Waals surface area contributed by atoms with Crippen molar-refractivity contribution in [2.45, 2.75) is 68.9 Å². The lowest BCUT2D eigenvalue weighted by molar-refractivity contribution is -0.179. The lowest BCUT2D eigenvalue weighted by atomic mass is 9.77. The molecule has 0 spiro atoms. The number of carbonyl (C=O) groups is 4. The van der Waals surface area contributed by atoms with Crippen LogP contribution < -0.4 is 26.5 Å². The number of anilines is 1. The van der Waals surface area contributed by atoms with Crippen LogP contribution in [0.15, 0.2) is 264 Å². The lowest BCUT2D eigenvalue weighted by Gasteiger charge is -2.50. The van der Waals surface area contributed by atoms with Gasteiger partial charge in [0, 0.05) is 16.7 Å². The molecule has 9 aromatic rings. The van der Waals surface area contributed by atoms with Gasteiger partial charge in [0.1, 0.15) is 57.1 Å². The maximum Gasteiger partial charge on any atom is 0.356 e. The molecule has 432 valence electrons. The van der Waals surface area contributed by atoms with E-state index in [1.165, 1.54) is 41.8 Å². The van der Waals surface area contributed by atoms with Gasteiger partial charge in [0.05, 0.1) is 6.16 Å². The van der Waals surface area contributed by atoms with E-state index < -0.39 is 65.3 Å². The molecule has 8 aromatic carbocycles. The average molecular weight is 1200 g/mol. The topological polar surface area (TPSA) is 149 Å². The Hall–Kier alpha value is -8.94. The van der Waals surface area contributed by atoms with Crippen LogP contribution in [0.2, 0.25) is 0 Å². The van der Waals surface area contributed by atoms with Crippen LogP contribution in [0.1, 0.15) is 74.2 Å². The number of thioether (sulfide) groups is 1. The predicted octanol–water partition coefficient (Wildman–Crippen LogP) is 12.4. The van der Waals surface area contributed by atoms with E-state index in [1.54, 1.807) is 26.2 Å². The summed E-state index contributed by atoms with van der Waals surface area (Å²) in [5.74, 6) is -2.38. The van der Waals surface area contributed by atoms with Crippen LogP contribution in [-0.2, 0) is 39.0 Å². The van der Waals surface area contributed by atoms with E-state index in [0.29, 0.717) is 17.0 Å². The molecule has 0 radical (unpaired) electrons. The molecule has 1 unspecified atom stereocenters. The molecule has 0 saturated carbocycles. The van der Waals surface area contributed by atoms with Gasteiger partial charge in [-0.25, -0.2) is 14.6 Å². The molecule has 2 N–H and O–H groups in total. The second-order valence-electron chi connectivity index (χ2n) is 22.4. The summed E-state index contributed by atoms with van der Waals surface area (Å²) in [4.78, 5) is 72.5. The minimum Gasteiger partial charge on any atom is -0.457 e. The SMILES string of the molecule is CC(C)(C)OC(=O)C(C)(C)O/N=C(\C(=O)NC1C(=O)N2C(C(=O)OC(c3ccccc3)c3ccccc3)=C(C[P+](c3ccccc3)(c3ccccc3)c3ccccc3)CS[C@H]12)c1csc(NC(c2ccccc2)(c2ccccc2)c2ccccc2)n1. The van der Waals surface area contributed by atoms with Gasteiger partial charge in [0.25, 0.3) is 11.8 Å². The first-order valence-corrected chi connectivity index (χ1v) is 32.3. The van der Waals surface area contributed by atoms with Crippen molar-refractivity contribution in [2.24, 2.45) is 5.16 Å². The number of β-lactam (4-membered cyclic amide) rings is 1. The Kier molecular flexibility index (Phi) is 17.3. The Morgan fingerprint density at radius 3 is 1.50 bits per heavy atom. The van der Waals surface area contributed by atoms with Crippen LogP contribution in [0.4, 0.5) is 5.13 Å². The van der Waals surface area contributed by atoms with Crippen molar-refractivity contribution >= 4 is 80.9 Å². The van der Waals surface area contributed by atoms with Gasteiger partial charge in [-0.05, 0) is 98.8 Å². The fourth-order valence-corrected chi connectivity index (χ4v) is 17.6. The molecule has 1 saturated heterocycles. The molecule has 11 rings (SSSR count). The van der Waals surface area contributed by atoms with Crippen LogP contribution in [0.25, 0.3) is 0 Å². The number of ether oxygens (including phenoxy) is 2. The standard InChI is InChI=1S/C71H64N5O7PS2/c1-69(2,3)82-67(80)70(4,5)83-75-59(58-48-86-68(72-58)74-71(52-34-18-8-19-35-52,53-36-20-9-21-37-53)54-38-22-10-23-39-54)63(77)73-60-64(78)76-61(66(79)81-62(49-30-14-6-15-31-49)50-32-16-7-17-33-50)51(47-85-65(60)76)46-84(55-40-24-11-25-41-55,56-42-26-12-27-43-56)57-44-28-13-29-45-57/h6-45,48,60,62,65H,46-47H2,1-5H3,(H-,72,73,74,77)/p+1/b75-59-/t60?,65-/m1/s1. The molecule has 2 aliphatic rings. The Bertz CT molecular complexity index is 3660. The summed E-state index contributed by atoms with van der Waals surface area (Å²) in [6, 6.07) is 79.3. The first-order valence-electron chi connectivity index (χ1n) is 28.4. The zero-order valence-electron chi connectivity index (χ0n) is 48.3. The summed E-state index contributed by atoms with van der Waals surface area (Å²) in [7, 11) is -2.64. The molecule has 12 nitrogen and oxygen atoms in total. The first kappa shape index (κ1) is 58.8. The molecule has 3 heterocycles. The van der Waals surface area contributed by atoms with Crippen molar-refractivity contribution in [1.29, 1.82) is 0 Å². The zero-order valence-corrected chi connectivity index (χ0v) is 50.8. The third-order valence-electron chi connectivity index (χ3n) is 15.1. The number of amides is 2. The van der Waals surface area contributed by atoms with Crippen LogP contribution in [0, 0.1) is 0 Å². The number of benzene rings is 8. The van der Waals surface area contributed by atoms with Gasteiger partial charge in [0.2, 0.25) is 5.60 Å². The summed E-state index contributed by atoms with van der Waals surface area (Å²) in [5.41, 5.74) is 1.51. The van der Waals surface area contributed by atoms with Crippen LogP contribution >= 0.6 is 30.4 Å². The van der Waals surface area contributed by atoms with E-state index >= 15 is 14.4 Å². The van der Waals surface area contributed by atoms with Crippen molar-refractivity contribution in [3.05, 3.63) is 293 Å². The quantitative estimate of drug-likeness (QED) is 0.0189. The minimum absolute atomic E-state index is 0.111. The van der Waals surface area contributed by atoms with E-state index in [-0.39, 0.29) is 17.1 Å². The number of rotatable bonds is 20. The third kappa shape index (κ3) is 12.2. The highest BCUT2D eigenvalue weighted by atomic mass is 32.2. The van der Waals surface area contributed by atoms with E-state index in [0.717, 1.165) is 49.3 Å². The molecule has 0 aliphatic carbocycles. The lowest BCUT2D eigenvalue weighted by Crippen LogP contribution is -2.71. The van der Waals surface area contributed by atoms with Crippen LogP contribution in [0.3, 0.4) is 0 Å². The van der Waals surface area contributed by atoms with Gasteiger partial charge in [-0.2, -0.15) is 0 Å². The van der Waals surface area contributed by atoms with Crippen molar-refractivity contribution in [3.8, 4) is 0 Å². The molecule has 1 fully saturated rings. The van der Waals surface area contributed by atoms with E-state index in [1.807, 2.05) is 170 Å². The number of esters is 2. The Morgan fingerprint density at radius 1 is 0.628 bits per heavy atom. The average Bonchev–Trinajstić information content (AvgIpc) is 0.817. The number of carbonyl (C=O) groups excluding carboxylic acids is 4. The number of hydrogen-bond acceptors (Lipinski definition) is 12. The highest BCUT2D eigenvalue weighted by Crippen LogP contribution is 2.58. The molecule has 2 aliphatic heterocycles. The molecule has 1 aromatic heterocycles. The summed E-state index contributed by atoms with van der Waals surface area (Å²) in [5, 5.41) is 15.9. The van der Waals surface area contributed by atoms with Gasteiger partial charge >= 0.3 is 11.9 Å². The molecule has 15 heteroatoms. The van der Waals surface area contributed by atoms with Crippen molar-refractivity contribution in [1.82, 2.24) is 15.2 Å². The second-order valence-corrected chi connectivity index (χ2v) is 27.9. The van der Waals surface area contributed by atoms with E-state index in [4.69, 9.17) is 19.3 Å². The molecular weight excluding hydrogens is 1130 g/mol. The van der Waals surface area contributed by atoms with Crippen LogP contribution in [0.5, 0.6) is 0 Å². The summed E-state index contributed by atoms with van der Waals surface area (Å²) in [6.45, 7) is 8.25. The number of fused-ring (bicyclic) bond motifs is 1. The number of aromatic nitrogens is 1. The van der Waals surface area contributed by atoms with Crippen LogP contribution in [-0.4, -0.2) is 73.9 Å². The molecule has 86 heavy (non-hydrogen) atoms. The Balaban J connectivity index is 0.983. The summed E-state index contributed by atoms with van der Waals surface area (Å²) < 4.78 is 12.4. The fraction of sp³-hybridized carbons (Fsp3) is 0.183.